The van der Waals surface area contributed by atoms with Crippen LogP contribution in [0.25, 0.3) is 11.4 Å². The molecule has 0 aliphatic rings. The number of nitrogens with zero attached hydrogens (tertiary/aromatic N) is 2. The fraction of sp³-hybridized carbons (Fsp3) is 0.645. The molecule has 0 atom stereocenters. The number of hydrogen-bond acceptors (Lipinski definition) is 5. The van der Waals surface area contributed by atoms with Crippen molar-refractivity contribution in [1.29, 1.82) is 0 Å². The van der Waals surface area contributed by atoms with Gasteiger partial charge in [0.1, 0.15) is 5.75 Å². The van der Waals surface area contributed by atoms with E-state index in [0.29, 0.717) is 18.0 Å². The number of hydrogen-bond donors (Lipinski definition) is 0. The molecule has 2 aromatic rings. The summed E-state index contributed by atoms with van der Waals surface area (Å²) in [5.74, 6) is 1.66. The van der Waals surface area contributed by atoms with Crippen molar-refractivity contribution >= 4 is 5.97 Å². The number of unbranched alkanes of at least 4 members (excludes halogenated alkanes) is 14. The molecule has 5 heteroatoms. The van der Waals surface area contributed by atoms with Gasteiger partial charge < -0.3 is 9.47 Å². The molecule has 36 heavy (non-hydrogen) atoms. The van der Waals surface area contributed by atoms with Crippen LogP contribution in [0.4, 0.5) is 0 Å². The van der Waals surface area contributed by atoms with E-state index in [2.05, 4.69) is 23.8 Å². The minimum Gasteiger partial charge on any atom is -0.494 e. The molecule has 5 nitrogen and oxygen atoms in total. The summed E-state index contributed by atoms with van der Waals surface area (Å²) >= 11 is 0. The van der Waals surface area contributed by atoms with Crippen LogP contribution in [0.15, 0.2) is 36.7 Å². The van der Waals surface area contributed by atoms with Crippen molar-refractivity contribution in [3.05, 3.63) is 36.7 Å². The Morgan fingerprint density at radius 1 is 0.639 bits per heavy atom. The van der Waals surface area contributed by atoms with E-state index in [1.807, 2.05) is 24.3 Å². The first-order valence-corrected chi connectivity index (χ1v) is 14.5. The molecule has 1 heterocycles. The van der Waals surface area contributed by atoms with Crippen LogP contribution < -0.4 is 9.47 Å². The van der Waals surface area contributed by atoms with Gasteiger partial charge in [0.15, 0.2) is 11.6 Å². The van der Waals surface area contributed by atoms with Gasteiger partial charge in [-0.3, -0.25) is 4.79 Å². The predicted molar refractivity (Wildman–Crippen MR) is 148 cm³/mol. The lowest BCUT2D eigenvalue weighted by Gasteiger charge is -2.08. The van der Waals surface area contributed by atoms with Crippen molar-refractivity contribution in [3.63, 3.8) is 0 Å². The number of aromatic nitrogens is 2. The summed E-state index contributed by atoms with van der Waals surface area (Å²) in [4.78, 5) is 20.8. The Kier molecular flexibility index (Phi) is 16.3. The highest BCUT2D eigenvalue weighted by molar-refractivity contribution is 5.72. The molecule has 0 aliphatic carbocycles. The van der Waals surface area contributed by atoms with Gasteiger partial charge in [0.25, 0.3) is 0 Å². The topological polar surface area (TPSA) is 61.3 Å². The second-order valence-electron chi connectivity index (χ2n) is 9.79. The van der Waals surface area contributed by atoms with Crippen molar-refractivity contribution < 1.29 is 14.3 Å². The normalized spacial score (nSPS) is 10.9. The molecule has 0 bridgehead atoms. The second kappa shape index (κ2) is 19.7. The van der Waals surface area contributed by atoms with Crippen molar-refractivity contribution in [3.8, 4) is 22.9 Å². The van der Waals surface area contributed by atoms with Gasteiger partial charge in [-0.05, 0) is 37.1 Å². The average Bonchev–Trinajstić information content (AvgIpc) is 2.90. The first kappa shape index (κ1) is 29.8. The summed E-state index contributed by atoms with van der Waals surface area (Å²) in [6.07, 6.45) is 23.6. The summed E-state index contributed by atoms with van der Waals surface area (Å²) in [5, 5.41) is 0. The number of carbonyl (C=O) groups excluding carboxylic acids is 1. The van der Waals surface area contributed by atoms with Crippen molar-refractivity contribution in [1.82, 2.24) is 9.97 Å². The van der Waals surface area contributed by atoms with Crippen LogP contribution in [0.5, 0.6) is 11.5 Å². The van der Waals surface area contributed by atoms with E-state index in [1.54, 1.807) is 12.4 Å². The smallest absolute Gasteiger partial charge is 0.311 e. The lowest BCUT2D eigenvalue weighted by atomic mass is 10.1. The minimum atomic E-state index is -0.213. The molecule has 0 N–H and O–H groups in total. The van der Waals surface area contributed by atoms with E-state index in [-0.39, 0.29) is 5.97 Å². The molecular weight excluding hydrogens is 448 g/mol. The zero-order chi connectivity index (χ0) is 25.7. The lowest BCUT2D eigenvalue weighted by molar-refractivity contribution is -0.134. The summed E-state index contributed by atoms with van der Waals surface area (Å²) in [6, 6.07) is 7.85. The van der Waals surface area contributed by atoms with Crippen LogP contribution in [-0.2, 0) is 4.79 Å². The van der Waals surface area contributed by atoms with Gasteiger partial charge in [-0.1, -0.05) is 104 Å². The Morgan fingerprint density at radius 3 is 1.69 bits per heavy atom. The maximum Gasteiger partial charge on any atom is 0.311 e. The van der Waals surface area contributed by atoms with E-state index in [1.165, 1.54) is 83.5 Å². The Balaban J connectivity index is 1.60. The van der Waals surface area contributed by atoms with Crippen molar-refractivity contribution in [2.45, 2.75) is 123 Å². The highest BCUT2D eigenvalue weighted by atomic mass is 16.5. The Labute approximate surface area is 219 Å². The van der Waals surface area contributed by atoms with Gasteiger partial charge in [-0.25, -0.2) is 9.97 Å². The monoisotopic (exact) mass is 496 g/mol. The van der Waals surface area contributed by atoms with Crippen molar-refractivity contribution in [2.75, 3.05) is 6.61 Å². The third-order valence-corrected chi connectivity index (χ3v) is 6.47. The molecule has 0 amide bonds. The number of carbonyl (C=O) groups is 1. The molecular formula is C31H48N2O3. The molecule has 0 spiro atoms. The number of benzene rings is 1. The Hall–Kier alpha value is -2.43. The SMILES string of the molecule is CCCCCCCCCCOc1ccc(-c2ncc(OC(=O)CCCCCCCCCC)cn2)cc1. The van der Waals surface area contributed by atoms with E-state index in [0.717, 1.165) is 37.2 Å². The van der Waals surface area contributed by atoms with Crippen LogP contribution in [0.2, 0.25) is 0 Å². The van der Waals surface area contributed by atoms with E-state index >= 15 is 0 Å². The second-order valence-corrected chi connectivity index (χ2v) is 9.79. The quantitative estimate of drug-likeness (QED) is 0.127. The van der Waals surface area contributed by atoms with Crippen molar-refractivity contribution in [2.24, 2.45) is 0 Å². The zero-order valence-electron chi connectivity index (χ0n) is 22.8. The average molecular weight is 497 g/mol. The van der Waals surface area contributed by atoms with E-state index in [9.17, 15) is 4.79 Å². The third kappa shape index (κ3) is 13.6. The molecule has 0 unspecified atom stereocenters. The standard InChI is InChI=1S/C31H48N2O3/c1-3-5-7-9-11-13-15-17-19-30(34)36-29-25-32-31(33-26-29)27-20-22-28(23-21-27)35-24-18-16-14-12-10-8-6-4-2/h20-23,25-26H,3-19,24H2,1-2H3. The van der Waals surface area contributed by atoms with Crippen LogP contribution in [0.3, 0.4) is 0 Å². The maximum absolute atomic E-state index is 12.1. The summed E-state index contributed by atoms with van der Waals surface area (Å²) in [5.41, 5.74) is 0.909. The van der Waals surface area contributed by atoms with Gasteiger partial charge in [0.05, 0.1) is 19.0 Å². The molecule has 0 radical (unpaired) electrons. The van der Waals surface area contributed by atoms with Gasteiger partial charge in [0, 0.05) is 12.0 Å². The van der Waals surface area contributed by atoms with Gasteiger partial charge >= 0.3 is 5.97 Å². The molecule has 0 saturated carbocycles. The molecule has 200 valence electrons. The summed E-state index contributed by atoms with van der Waals surface area (Å²) in [6.45, 7) is 5.24. The van der Waals surface area contributed by atoms with E-state index < -0.39 is 0 Å². The van der Waals surface area contributed by atoms with Crippen LogP contribution in [0, 0.1) is 0 Å². The molecule has 2 rings (SSSR count). The molecule has 1 aromatic heterocycles. The van der Waals surface area contributed by atoms with E-state index in [4.69, 9.17) is 9.47 Å². The van der Waals surface area contributed by atoms with Gasteiger partial charge in [-0.2, -0.15) is 0 Å². The zero-order valence-corrected chi connectivity index (χ0v) is 22.8. The molecule has 1 aromatic carbocycles. The highest BCUT2D eigenvalue weighted by Gasteiger charge is 2.07. The van der Waals surface area contributed by atoms with Crippen LogP contribution in [0.1, 0.15) is 123 Å². The van der Waals surface area contributed by atoms with Crippen LogP contribution >= 0.6 is 0 Å². The van der Waals surface area contributed by atoms with Gasteiger partial charge in [0.2, 0.25) is 0 Å². The minimum absolute atomic E-state index is 0.213. The lowest BCUT2D eigenvalue weighted by Crippen LogP contribution is -2.08. The highest BCUT2D eigenvalue weighted by Crippen LogP contribution is 2.21. The largest absolute Gasteiger partial charge is 0.494 e. The number of esters is 1. The fourth-order valence-electron chi connectivity index (χ4n) is 4.23. The number of ether oxygens (including phenoxy) is 2. The number of rotatable bonds is 21. The van der Waals surface area contributed by atoms with Crippen LogP contribution in [-0.4, -0.2) is 22.5 Å². The molecule has 0 aliphatic heterocycles. The summed E-state index contributed by atoms with van der Waals surface area (Å²) < 4.78 is 11.3. The maximum atomic E-state index is 12.1. The fourth-order valence-corrected chi connectivity index (χ4v) is 4.23. The third-order valence-electron chi connectivity index (χ3n) is 6.47. The summed E-state index contributed by atoms with van der Waals surface area (Å²) in [7, 11) is 0. The predicted octanol–water partition coefficient (Wildman–Crippen LogP) is 9.10. The Morgan fingerprint density at radius 2 is 1.14 bits per heavy atom. The van der Waals surface area contributed by atoms with Gasteiger partial charge in [-0.15, -0.1) is 0 Å². The molecule has 0 saturated heterocycles. The first-order chi connectivity index (χ1) is 17.7. The molecule has 0 fully saturated rings. The Bertz CT molecular complexity index is 806. The first-order valence-electron chi connectivity index (χ1n) is 14.5.